The second-order valence-electron chi connectivity index (χ2n) is 5.46. The number of carbonyl (C=O) groups is 1. The molecule has 0 amide bonds. The highest BCUT2D eigenvalue weighted by molar-refractivity contribution is 9.10. The second-order valence-corrected chi connectivity index (χ2v) is 6.31. The van der Waals surface area contributed by atoms with Crippen molar-refractivity contribution in [3.63, 3.8) is 0 Å². The van der Waals surface area contributed by atoms with Crippen molar-refractivity contribution >= 4 is 21.9 Å². The summed E-state index contributed by atoms with van der Waals surface area (Å²) < 4.78 is 0.880. The number of carboxylic acids is 1. The maximum atomic E-state index is 10.9. The van der Waals surface area contributed by atoms with E-state index in [2.05, 4.69) is 27.9 Å². The molecule has 1 aliphatic carbocycles. The van der Waals surface area contributed by atoms with Crippen molar-refractivity contribution in [3.8, 4) is 0 Å². The van der Waals surface area contributed by atoms with Crippen molar-refractivity contribution in [2.45, 2.75) is 32.2 Å². The summed E-state index contributed by atoms with van der Waals surface area (Å²) in [5, 5.41) is 8.94. The molecule has 0 heterocycles. The van der Waals surface area contributed by atoms with Crippen LogP contribution in [0.5, 0.6) is 0 Å². The zero-order valence-electron chi connectivity index (χ0n) is 11.2. The maximum Gasteiger partial charge on any atom is 0.335 e. The largest absolute Gasteiger partial charge is 0.478 e. The van der Waals surface area contributed by atoms with Gasteiger partial charge in [-0.05, 0) is 43.5 Å². The summed E-state index contributed by atoms with van der Waals surface area (Å²) >= 11 is 3.47. The van der Waals surface area contributed by atoms with Crippen LogP contribution in [0.4, 0.5) is 0 Å². The van der Waals surface area contributed by atoms with Gasteiger partial charge >= 0.3 is 5.97 Å². The minimum Gasteiger partial charge on any atom is -0.478 e. The molecule has 0 radical (unpaired) electrons. The Morgan fingerprint density at radius 1 is 1.42 bits per heavy atom. The Morgan fingerprint density at radius 2 is 2.11 bits per heavy atom. The van der Waals surface area contributed by atoms with Gasteiger partial charge in [-0.2, -0.15) is 0 Å². The van der Waals surface area contributed by atoms with E-state index in [9.17, 15) is 4.79 Å². The Hall–Kier alpha value is -0.870. The quantitative estimate of drug-likeness (QED) is 0.895. The lowest BCUT2D eigenvalue weighted by Gasteiger charge is -2.21. The zero-order valence-corrected chi connectivity index (χ0v) is 12.8. The first-order valence-corrected chi connectivity index (χ1v) is 7.56. The van der Waals surface area contributed by atoms with Crippen molar-refractivity contribution in [1.29, 1.82) is 0 Å². The van der Waals surface area contributed by atoms with Gasteiger partial charge in [0.2, 0.25) is 0 Å². The van der Waals surface area contributed by atoms with E-state index < -0.39 is 5.97 Å². The van der Waals surface area contributed by atoms with Gasteiger partial charge in [-0.15, -0.1) is 0 Å². The third-order valence-corrected chi connectivity index (χ3v) is 4.52. The van der Waals surface area contributed by atoms with Crippen molar-refractivity contribution in [3.05, 3.63) is 33.8 Å². The van der Waals surface area contributed by atoms with Crippen LogP contribution >= 0.6 is 15.9 Å². The van der Waals surface area contributed by atoms with Crippen LogP contribution in [0.1, 0.15) is 41.6 Å². The molecule has 0 atom stereocenters. The maximum absolute atomic E-state index is 10.9. The molecule has 1 N–H and O–H groups in total. The lowest BCUT2D eigenvalue weighted by molar-refractivity contribution is 0.0697. The second kappa shape index (κ2) is 6.53. The van der Waals surface area contributed by atoms with Crippen LogP contribution in [-0.4, -0.2) is 29.6 Å². The van der Waals surface area contributed by atoms with Crippen molar-refractivity contribution in [1.82, 2.24) is 4.90 Å². The molecular weight excluding hydrogens is 306 g/mol. The van der Waals surface area contributed by atoms with Crippen LogP contribution in [0.25, 0.3) is 0 Å². The first-order valence-electron chi connectivity index (χ1n) is 6.76. The van der Waals surface area contributed by atoms with E-state index in [4.69, 9.17) is 5.11 Å². The van der Waals surface area contributed by atoms with Gasteiger partial charge in [-0.3, -0.25) is 0 Å². The third kappa shape index (κ3) is 4.05. The predicted molar refractivity (Wildman–Crippen MR) is 79.4 cm³/mol. The van der Waals surface area contributed by atoms with E-state index in [1.165, 1.54) is 25.7 Å². The van der Waals surface area contributed by atoms with Crippen LogP contribution in [0.15, 0.2) is 22.7 Å². The highest BCUT2D eigenvalue weighted by Gasteiger charge is 2.17. The summed E-state index contributed by atoms with van der Waals surface area (Å²) in [7, 11) is 2.13. The molecule has 19 heavy (non-hydrogen) atoms. The highest BCUT2D eigenvalue weighted by atomic mass is 79.9. The van der Waals surface area contributed by atoms with E-state index in [0.29, 0.717) is 5.56 Å². The Morgan fingerprint density at radius 3 is 2.68 bits per heavy atom. The summed E-state index contributed by atoms with van der Waals surface area (Å²) in [6.45, 7) is 1.99. The Kier molecular flexibility index (Phi) is 4.99. The molecule has 0 unspecified atom stereocenters. The molecule has 0 saturated heterocycles. The summed E-state index contributed by atoms with van der Waals surface area (Å²) in [5.74, 6) is -0.0476. The smallest absolute Gasteiger partial charge is 0.335 e. The molecule has 3 nitrogen and oxygen atoms in total. The van der Waals surface area contributed by atoms with Crippen LogP contribution in [0.3, 0.4) is 0 Å². The number of benzene rings is 1. The molecule has 1 aliphatic rings. The summed E-state index contributed by atoms with van der Waals surface area (Å²) in [6, 6.07) is 5.26. The summed E-state index contributed by atoms with van der Waals surface area (Å²) in [4.78, 5) is 13.2. The lowest BCUT2D eigenvalue weighted by Crippen LogP contribution is -2.24. The number of rotatable bonds is 5. The number of nitrogens with zero attached hydrogens (tertiary/aromatic N) is 1. The van der Waals surface area contributed by atoms with Gasteiger partial charge in [-0.1, -0.05) is 34.8 Å². The zero-order chi connectivity index (χ0) is 13.8. The number of aromatic carboxylic acids is 1. The number of halogens is 1. The monoisotopic (exact) mass is 325 g/mol. The minimum absolute atomic E-state index is 0.328. The fourth-order valence-electron chi connectivity index (χ4n) is 2.80. The van der Waals surface area contributed by atoms with Crippen molar-refractivity contribution in [2.75, 3.05) is 13.6 Å². The first-order chi connectivity index (χ1) is 9.06. The van der Waals surface area contributed by atoms with Crippen LogP contribution < -0.4 is 0 Å². The van der Waals surface area contributed by atoms with Crippen LogP contribution in [0.2, 0.25) is 0 Å². The average Bonchev–Trinajstić information content (AvgIpc) is 2.84. The molecule has 2 rings (SSSR count). The van der Waals surface area contributed by atoms with Gasteiger partial charge in [0.1, 0.15) is 0 Å². The Bertz CT molecular complexity index is 455. The van der Waals surface area contributed by atoms with Gasteiger partial charge in [0.25, 0.3) is 0 Å². The molecule has 104 valence electrons. The van der Waals surface area contributed by atoms with Gasteiger partial charge in [-0.25, -0.2) is 4.79 Å². The Labute approximate surface area is 122 Å². The van der Waals surface area contributed by atoms with E-state index in [0.717, 1.165) is 29.0 Å². The van der Waals surface area contributed by atoms with E-state index >= 15 is 0 Å². The van der Waals surface area contributed by atoms with E-state index in [1.54, 1.807) is 12.1 Å². The third-order valence-electron chi connectivity index (χ3n) is 3.78. The lowest BCUT2D eigenvalue weighted by atomic mass is 10.1. The van der Waals surface area contributed by atoms with Gasteiger partial charge in [0.05, 0.1) is 5.56 Å². The predicted octanol–water partition coefficient (Wildman–Crippen LogP) is 3.77. The van der Waals surface area contributed by atoms with Crippen LogP contribution in [0, 0.1) is 5.92 Å². The summed E-state index contributed by atoms with van der Waals surface area (Å²) in [6.07, 6.45) is 5.44. The molecule has 0 aliphatic heterocycles. The normalized spacial score (nSPS) is 16.2. The minimum atomic E-state index is -0.883. The number of carboxylic acid groups (broad SMARTS) is 1. The van der Waals surface area contributed by atoms with Crippen molar-refractivity contribution < 1.29 is 9.90 Å². The molecule has 0 aromatic heterocycles. The summed E-state index contributed by atoms with van der Waals surface area (Å²) in [5.41, 5.74) is 1.47. The molecule has 0 spiro atoms. The van der Waals surface area contributed by atoms with Crippen molar-refractivity contribution in [2.24, 2.45) is 5.92 Å². The fraction of sp³-hybridized carbons (Fsp3) is 0.533. The molecule has 4 heteroatoms. The molecule has 1 fully saturated rings. The average molecular weight is 326 g/mol. The fourth-order valence-corrected chi connectivity index (χ4v) is 3.30. The van der Waals surface area contributed by atoms with Gasteiger partial charge < -0.3 is 10.0 Å². The van der Waals surface area contributed by atoms with Gasteiger partial charge in [0.15, 0.2) is 0 Å². The molecule has 0 bridgehead atoms. The topological polar surface area (TPSA) is 40.5 Å². The van der Waals surface area contributed by atoms with E-state index in [1.807, 2.05) is 6.07 Å². The highest BCUT2D eigenvalue weighted by Crippen LogP contribution is 2.26. The first kappa shape index (κ1) is 14.5. The van der Waals surface area contributed by atoms with Crippen LogP contribution in [-0.2, 0) is 6.54 Å². The SMILES string of the molecule is CN(Cc1ccc(C(=O)O)cc1Br)CC1CCCC1. The Balaban J connectivity index is 1.96. The molecule has 1 aromatic rings. The number of hydrogen-bond acceptors (Lipinski definition) is 2. The number of hydrogen-bond donors (Lipinski definition) is 1. The molecule has 1 saturated carbocycles. The van der Waals surface area contributed by atoms with E-state index in [-0.39, 0.29) is 0 Å². The molecular formula is C15H20BrNO2. The standard InChI is InChI=1S/C15H20BrNO2/c1-17(9-11-4-2-3-5-11)10-13-7-6-12(15(18)19)8-14(13)16/h6-8,11H,2-5,9-10H2,1H3,(H,18,19). The van der Waals surface area contributed by atoms with Gasteiger partial charge in [0, 0.05) is 17.6 Å². The molecule has 1 aromatic carbocycles.